The summed E-state index contributed by atoms with van der Waals surface area (Å²) in [7, 11) is -3.83. The van der Waals surface area contributed by atoms with E-state index in [0.717, 1.165) is 18.4 Å². The first-order valence-electron chi connectivity index (χ1n) is 8.05. The summed E-state index contributed by atoms with van der Waals surface area (Å²) < 4.78 is 27.6. The van der Waals surface area contributed by atoms with E-state index in [2.05, 4.69) is 10.0 Å². The minimum atomic E-state index is -3.83. The normalized spacial score (nSPS) is 11.3. The zero-order valence-electron chi connectivity index (χ0n) is 14.0. The molecule has 0 saturated carbocycles. The summed E-state index contributed by atoms with van der Waals surface area (Å²) in [5.74, 6) is -0.315. The summed E-state index contributed by atoms with van der Waals surface area (Å²) in [5, 5.41) is 2.83. The number of amides is 1. The maximum atomic E-state index is 12.5. The molecule has 2 N–H and O–H groups in total. The first-order valence-corrected chi connectivity index (χ1v) is 9.91. The number of benzene rings is 2. The van der Waals surface area contributed by atoms with E-state index in [-0.39, 0.29) is 27.9 Å². The fraction of sp³-hybridized carbons (Fsp3) is 0.278. The van der Waals surface area contributed by atoms with Gasteiger partial charge in [-0.05, 0) is 30.2 Å². The Labute approximate surface area is 153 Å². The highest BCUT2D eigenvalue weighted by Gasteiger charge is 2.20. The predicted octanol–water partition coefficient (Wildman–Crippen LogP) is 3.35. The quantitative estimate of drug-likeness (QED) is 0.689. The van der Waals surface area contributed by atoms with E-state index in [1.165, 1.54) is 18.2 Å². The van der Waals surface area contributed by atoms with Crippen molar-refractivity contribution in [3.05, 3.63) is 64.7 Å². The van der Waals surface area contributed by atoms with E-state index in [0.29, 0.717) is 6.54 Å². The van der Waals surface area contributed by atoms with Gasteiger partial charge in [0.2, 0.25) is 10.0 Å². The highest BCUT2D eigenvalue weighted by Crippen LogP contribution is 2.23. The Balaban J connectivity index is 2.16. The average Bonchev–Trinajstić information content (AvgIpc) is 2.61. The van der Waals surface area contributed by atoms with Gasteiger partial charge in [-0.25, -0.2) is 13.1 Å². The van der Waals surface area contributed by atoms with Crippen molar-refractivity contribution in [3.8, 4) is 0 Å². The van der Waals surface area contributed by atoms with Crippen LogP contribution in [0.4, 0.5) is 0 Å². The van der Waals surface area contributed by atoms with Crippen LogP contribution in [0.25, 0.3) is 0 Å². The highest BCUT2D eigenvalue weighted by molar-refractivity contribution is 7.89. The molecule has 1 amide bonds. The van der Waals surface area contributed by atoms with Gasteiger partial charge in [0.1, 0.15) is 4.90 Å². The van der Waals surface area contributed by atoms with E-state index < -0.39 is 10.0 Å². The fourth-order valence-corrected chi connectivity index (χ4v) is 3.72. The topological polar surface area (TPSA) is 75.3 Å². The molecule has 0 saturated heterocycles. The number of sulfonamides is 1. The summed E-state index contributed by atoms with van der Waals surface area (Å²) in [4.78, 5) is 12.0. The van der Waals surface area contributed by atoms with E-state index in [1.807, 2.05) is 37.3 Å². The number of nitrogens with one attached hydrogen (secondary N) is 2. The molecule has 0 heterocycles. The predicted molar refractivity (Wildman–Crippen MR) is 99.2 cm³/mol. The van der Waals surface area contributed by atoms with Gasteiger partial charge < -0.3 is 5.32 Å². The first kappa shape index (κ1) is 19.4. The molecule has 0 aliphatic rings. The molecule has 0 fully saturated rings. The Morgan fingerprint density at radius 3 is 2.52 bits per heavy atom. The Morgan fingerprint density at radius 2 is 1.84 bits per heavy atom. The van der Waals surface area contributed by atoms with Crippen LogP contribution in [0.2, 0.25) is 5.02 Å². The summed E-state index contributed by atoms with van der Waals surface area (Å²) in [6.45, 7) is 2.72. The smallest absolute Gasteiger partial charge is 0.251 e. The van der Waals surface area contributed by atoms with Gasteiger partial charge in [-0.3, -0.25) is 4.79 Å². The van der Waals surface area contributed by atoms with Crippen LogP contribution in [0.3, 0.4) is 0 Å². The molecule has 0 spiro atoms. The van der Waals surface area contributed by atoms with Gasteiger partial charge in [0, 0.05) is 18.7 Å². The van der Waals surface area contributed by atoms with Gasteiger partial charge in [-0.2, -0.15) is 0 Å². The van der Waals surface area contributed by atoms with Crippen LogP contribution >= 0.6 is 11.6 Å². The zero-order valence-corrected chi connectivity index (χ0v) is 15.5. The number of carbonyl (C=O) groups excluding carboxylic acids is 1. The number of hydrogen-bond donors (Lipinski definition) is 2. The molecule has 0 aliphatic heterocycles. The Hall–Kier alpha value is -1.89. The number of halogens is 1. The minimum absolute atomic E-state index is 0.0747. The van der Waals surface area contributed by atoms with Crippen molar-refractivity contribution in [1.29, 1.82) is 0 Å². The van der Waals surface area contributed by atoms with Crippen molar-refractivity contribution < 1.29 is 13.2 Å². The van der Waals surface area contributed by atoms with Crippen molar-refractivity contribution >= 4 is 27.5 Å². The molecule has 0 atom stereocenters. The van der Waals surface area contributed by atoms with Crippen LogP contribution in [-0.2, 0) is 16.6 Å². The molecule has 7 heteroatoms. The Bertz CT molecular complexity index is 823. The molecule has 0 aliphatic carbocycles. The molecule has 25 heavy (non-hydrogen) atoms. The summed E-state index contributed by atoms with van der Waals surface area (Å²) in [6.07, 6.45) is 1.83. The van der Waals surface area contributed by atoms with Crippen LogP contribution in [0.1, 0.15) is 35.7 Å². The molecule has 5 nitrogen and oxygen atoms in total. The standard InChI is InChI=1S/C18H21ClN2O3S/c1-2-3-11-20-18(22)15-9-10-16(19)17(12-15)25(23,24)21-13-14-7-5-4-6-8-14/h4-10,12,21H,2-3,11,13H2,1H3,(H,20,22). The third-order valence-corrected chi connectivity index (χ3v) is 5.49. The van der Waals surface area contributed by atoms with Crippen LogP contribution in [0.15, 0.2) is 53.4 Å². The SMILES string of the molecule is CCCCNC(=O)c1ccc(Cl)c(S(=O)(=O)NCc2ccccc2)c1. The van der Waals surface area contributed by atoms with Gasteiger partial charge in [0.05, 0.1) is 5.02 Å². The second kappa shape index (κ2) is 8.99. The maximum Gasteiger partial charge on any atom is 0.251 e. The third kappa shape index (κ3) is 5.56. The van der Waals surface area contributed by atoms with Crippen molar-refractivity contribution in [2.45, 2.75) is 31.2 Å². The van der Waals surface area contributed by atoms with Gasteiger partial charge >= 0.3 is 0 Å². The lowest BCUT2D eigenvalue weighted by molar-refractivity contribution is 0.0953. The Kier molecular flexibility index (Phi) is 6.99. The number of rotatable bonds is 8. The lowest BCUT2D eigenvalue weighted by Gasteiger charge is -2.11. The molecule has 0 radical (unpaired) electrons. The fourth-order valence-electron chi connectivity index (χ4n) is 2.18. The lowest BCUT2D eigenvalue weighted by atomic mass is 10.2. The largest absolute Gasteiger partial charge is 0.352 e. The molecule has 0 aromatic heterocycles. The summed E-state index contributed by atoms with van der Waals surface area (Å²) >= 11 is 6.04. The second-order valence-electron chi connectivity index (χ2n) is 5.56. The van der Waals surface area contributed by atoms with Gasteiger partial charge in [0.25, 0.3) is 5.91 Å². The van der Waals surface area contributed by atoms with Crippen LogP contribution in [-0.4, -0.2) is 20.9 Å². The highest BCUT2D eigenvalue weighted by atomic mass is 35.5. The van der Waals surface area contributed by atoms with E-state index in [4.69, 9.17) is 11.6 Å². The zero-order chi connectivity index (χ0) is 18.3. The molecule has 134 valence electrons. The number of unbranched alkanes of at least 4 members (excludes halogenated alkanes) is 1. The van der Waals surface area contributed by atoms with Crippen LogP contribution in [0.5, 0.6) is 0 Å². The van der Waals surface area contributed by atoms with Crippen LogP contribution < -0.4 is 10.0 Å². The van der Waals surface area contributed by atoms with Gasteiger partial charge in [-0.15, -0.1) is 0 Å². The van der Waals surface area contributed by atoms with E-state index in [1.54, 1.807) is 0 Å². The van der Waals surface area contributed by atoms with Crippen LogP contribution in [0, 0.1) is 0 Å². The molecule has 2 rings (SSSR count). The molecular weight excluding hydrogens is 360 g/mol. The molecule has 2 aromatic carbocycles. The van der Waals surface area contributed by atoms with Crippen molar-refractivity contribution in [1.82, 2.24) is 10.0 Å². The van der Waals surface area contributed by atoms with Gasteiger partial charge in [0.15, 0.2) is 0 Å². The minimum Gasteiger partial charge on any atom is -0.352 e. The summed E-state index contributed by atoms with van der Waals surface area (Å²) in [6, 6.07) is 13.4. The molecule has 0 bridgehead atoms. The second-order valence-corrected chi connectivity index (χ2v) is 7.71. The molecule has 2 aromatic rings. The average molecular weight is 381 g/mol. The molecule has 0 unspecified atom stereocenters. The maximum absolute atomic E-state index is 12.5. The first-order chi connectivity index (χ1) is 11.9. The van der Waals surface area contributed by atoms with E-state index in [9.17, 15) is 13.2 Å². The van der Waals surface area contributed by atoms with Gasteiger partial charge in [-0.1, -0.05) is 55.3 Å². The van der Waals surface area contributed by atoms with Crippen molar-refractivity contribution in [3.63, 3.8) is 0 Å². The molecular formula is C18H21ClN2O3S. The number of hydrogen-bond acceptors (Lipinski definition) is 3. The third-order valence-electron chi connectivity index (χ3n) is 3.61. The van der Waals surface area contributed by atoms with Crippen molar-refractivity contribution in [2.24, 2.45) is 0 Å². The monoisotopic (exact) mass is 380 g/mol. The Morgan fingerprint density at radius 1 is 1.12 bits per heavy atom. The van der Waals surface area contributed by atoms with E-state index >= 15 is 0 Å². The summed E-state index contributed by atoms with van der Waals surface area (Å²) in [5.41, 5.74) is 1.09. The number of carbonyl (C=O) groups is 1. The van der Waals surface area contributed by atoms with Crippen molar-refractivity contribution in [2.75, 3.05) is 6.54 Å². The lowest BCUT2D eigenvalue weighted by Crippen LogP contribution is -2.26.